The molecule has 0 aliphatic rings. The maximum Gasteiger partial charge on any atom is 0.340 e. The summed E-state index contributed by atoms with van der Waals surface area (Å²) >= 11 is 6.06. The highest BCUT2D eigenvalue weighted by molar-refractivity contribution is 7.87. The monoisotopic (exact) mass is 438 g/mol. The van der Waals surface area contributed by atoms with Crippen molar-refractivity contribution < 1.29 is 17.4 Å². The number of amides is 2. The van der Waals surface area contributed by atoms with Crippen LogP contribution in [0.4, 0.5) is 4.79 Å². The van der Waals surface area contributed by atoms with E-state index in [9.17, 15) is 13.2 Å². The van der Waals surface area contributed by atoms with Crippen molar-refractivity contribution in [2.75, 3.05) is 0 Å². The van der Waals surface area contributed by atoms with Gasteiger partial charge < -0.3 is 14.4 Å². The molecule has 0 aromatic heterocycles. The molecule has 0 unspecified atom stereocenters. The molecule has 0 spiro atoms. The van der Waals surface area contributed by atoms with Gasteiger partial charge in [-0.25, -0.2) is 4.79 Å². The molecule has 2 aromatic rings. The molecule has 0 atom stereocenters. The second-order valence-corrected chi connectivity index (χ2v) is 9.28. The summed E-state index contributed by atoms with van der Waals surface area (Å²) in [6.07, 6.45) is 0. The number of hydrogen-bond acceptors (Lipinski definition) is 4. The van der Waals surface area contributed by atoms with Crippen molar-refractivity contribution in [2.24, 2.45) is 0 Å². The lowest BCUT2D eigenvalue weighted by Crippen LogP contribution is -2.45. The van der Waals surface area contributed by atoms with Crippen LogP contribution in [0.15, 0.2) is 47.4 Å². The Balaban J connectivity index is 2.16. The third-order valence-electron chi connectivity index (χ3n) is 4.19. The molecule has 2 aromatic carbocycles. The van der Waals surface area contributed by atoms with Crippen molar-refractivity contribution in [1.82, 2.24) is 10.2 Å². The van der Waals surface area contributed by atoms with Crippen molar-refractivity contribution >= 4 is 27.8 Å². The standard InChI is InChI=1S/C21H27ClN2O4S/c1-14(2)23-21(25)24(15(3)4)13-17-9-11-18(12-10-17)28-29(26,27)20-16(5)7-6-8-19(20)22/h6-12,14-15H,13H2,1-5H3,(H,23,25). The van der Waals surface area contributed by atoms with Gasteiger partial charge in [0.1, 0.15) is 10.6 Å². The first kappa shape index (κ1) is 23.0. The maximum absolute atomic E-state index is 12.6. The minimum absolute atomic E-state index is 0.00764. The summed E-state index contributed by atoms with van der Waals surface area (Å²) in [7, 11) is -4.06. The molecule has 1 N–H and O–H groups in total. The van der Waals surface area contributed by atoms with Crippen LogP contribution in [0.25, 0.3) is 0 Å². The first-order chi connectivity index (χ1) is 13.5. The molecule has 0 heterocycles. The number of hydrogen-bond donors (Lipinski definition) is 1. The van der Waals surface area contributed by atoms with E-state index in [1.54, 1.807) is 48.2 Å². The lowest BCUT2D eigenvalue weighted by molar-refractivity contribution is 0.177. The maximum atomic E-state index is 12.6. The lowest BCUT2D eigenvalue weighted by atomic mass is 10.2. The Labute approximate surface area is 177 Å². The number of nitrogens with zero attached hydrogens (tertiary/aromatic N) is 1. The third-order valence-corrected chi connectivity index (χ3v) is 6.07. The molecule has 0 bridgehead atoms. The Hall–Kier alpha value is -2.25. The van der Waals surface area contributed by atoms with Gasteiger partial charge in [-0.1, -0.05) is 35.9 Å². The van der Waals surface area contributed by atoms with E-state index in [2.05, 4.69) is 5.32 Å². The SMILES string of the molecule is Cc1cccc(Cl)c1S(=O)(=O)Oc1ccc(CN(C(=O)NC(C)C)C(C)C)cc1. The molecule has 0 radical (unpaired) electrons. The zero-order valence-corrected chi connectivity index (χ0v) is 18.8. The number of nitrogens with one attached hydrogen (secondary N) is 1. The average molecular weight is 439 g/mol. The summed E-state index contributed by atoms with van der Waals surface area (Å²) in [6, 6.07) is 11.4. The van der Waals surface area contributed by atoms with Gasteiger partial charge in [-0.15, -0.1) is 0 Å². The molecule has 0 saturated heterocycles. The zero-order chi connectivity index (χ0) is 21.8. The number of urea groups is 1. The van der Waals surface area contributed by atoms with Crippen molar-refractivity contribution in [3.8, 4) is 5.75 Å². The normalized spacial score (nSPS) is 11.6. The molecule has 2 rings (SSSR count). The number of carbonyl (C=O) groups is 1. The molecule has 158 valence electrons. The number of aryl methyl sites for hydroxylation is 1. The zero-order valence-electron chi connectivity index (χ0n) is 17.3. The number of carbonyl (C=O) groups excluding carboxylic acids is 1. The van der Waals surface area contributed by atoms with E-state index < -0.39 is 10.1 Å². The first-order valence-electron chi connectivity index (χ1n) is 9.37. The molecular weight excluding hydrogens is 412 g/mol. The van der Waals surface area contributed by atoms with E-state index in [1.165, 1.54) is 6.07 Å². The van der Waals surface area contributed by atoms with Crippen LogP contribution >= 0.6 is 11.6 Å². The topological polar surface area (TPSA) is 75.7 Å². The van der Waals surface area contributed by atoms with Gasteiger partial charge in [0.2, 0.25) is 0 Å². The van der Waals surface area contributed by atoms with E-state index in [-0.39, 0.29) is 33.8 Å². The second-order valence-electron chi connectivity index (χ2n) is 7.39. The number of rotatable bonds is 7. The molecular formula is C21H27ClN2O4S. The van der Waals surface area contributed by atoms with Crippen LogP contribution in [0.3, 0.4) is 0 Å². The Kier molecular flexibility index (Phi) is 7.54. The van der Waals surface area contributed by atoms with E-state index in [0.29, 0.717) is 12.1 Å². The van der Waals surface area contributed by atoms with E-state index in [0.717, 1.165) is 5.56 Å². The van der Waals surface area contributed by atoms with E-state index in [1.807, 2.05) is 27.7 Å². The minimum atomic E-state index is -4.06. The summed E-state index contributed by atoms with van der Waals surface area (Å²) in [5.41, 5.74) is 1.37. The summed E-state index contributed by atoms with van der Waals surface area (Å²) in [5.74, 6) is 0.177. The fourth-order valence-corrected chi connectivity index (χ4v) is 4.49. The van der Waals surface area contributed by atoms with Crippen LogP contribution in [0, 0.1) is 6.92 Å². The third kappa shape index (κ3) is 6.11. The first-order valence-corrected chi connectivity index (χ1v) is 11.2. The van der Waals surface area contributed by atoms with Crippen molar-refractivity contribution in [3.63, 3.8) is 0 Å². The quantitative estimate of drug-likeness (QED) is 0.633. The number of benzene rings is 2. The molecule has 2 amide bonds. The van der Waals surface area contributed by atoms with Crippen LogP contribution < -0.4 is 9.50 Å². The largest absolute Gasteiger partial charge is 0.379 e. The summed E-state index contributed by atoms with van der Waals surface area (Å²) in [6.45, 7) is 9.75. The van der Waals surface area contributed by atoms with Gasteiger partial charge >= 0.3 is 16.1 Å². The van der Waals surface area contributed by atoms with Gasteiger partial charge in [0.25, 0.3) is 0 Å². The van der Waals surface area contributed by atoms with Crippen LogP contribution in [0.1, 0.15) is 38.8 Å². The fraction of sp³-hybridized carbons (Fsp3) is 0.381. The lowest BCUT2D eigenvalue weighted by Gasteiger charge is -2.28. The number of halogens is 1. The summed E-state index contributed by atoms with van der Waals surface area (Å²) < 4.78 is 30.5. The predicted molar refractivity (Wildman–Crippen MR) is 115 cm³/mol. The van der Waals surface area contributed by atoms with Crippen LogP contribution in [0.5, 0.6) is 5.75 Å². The van der Waals surface area contributed by atoms with Crippen molar-refractivity contribution in [1.29, 1.82) is 0 Å². The molecule has 29 heavy (non-hydrogen) atoms. The molecule has 0 aliphatic carbocycles. The van der Waals surface area contributed by atoms with Gasteiger partial charge in [0, 0.05) is 18.6 Å². The molecule has 0 aliphatic heterocycles. The summed E-state index contributed by atoms with van der Waals surface area (Å²) in [5, 5.41) is 3.00. The van der Waals surface area contributed by atoms with Gasteiger partial charge in [-0.2, -0.15) is 8.42 Å². The Morgan fingerprint density at radius 1 is 1.10 bits per heavy atom. The van der Waals surface area contributed by atoms with Crippen molar-refractivity contribution in [2.45, 2.75) is 58.1 Å². The molecule has 0 fully saturated rings. The van der Waals surface area contributed by atoms with E-state index in [4.69, 9.17) is 15.8 Å². The van der Waals surface area contributed by atoms with Gasteiger partial charge in [-0.05, 0) is 63.9 Å². The van der Waals surface area contributed by atoms with Crippen LogP contribution in [0.2, 0.25) is 5.02 Å². The second kappa shape index (κ2) is 9.50. The predicted octanol–water partition coefficient (Wildman–Crippen LogP) is 4.74. The van der Waals surface area contributed by atoms with Crippen LogP contribution in [-0.2, 0) is 16.7 Å². The highest BCUT2D eigenvalue weighted by Gasteiger charge is 2.23. The Bertz CT molecular complexity index is 937. The Morgan fingerprint density at radius 2 is 1.72 bits per heavy atom. The highest BCUT2D eigenvalue weighted by atomic mass is 35.5. The van der Waals surface area contributed by atoms with Gasteiger partial charge in [-0.3, -0.25) is 0 Å². The van der Waals surface area contributed by atoms with Crippen molar-refractivity contribution in [3.05, 3.63) is 58.6 Å². The molecule has 6 nitrogen and oxygen atoms in total. The fourth-order valence-electron chi connectivity index (χ4n) is 2.77. The minimum Gasteiger partial charge on any atom is -0.379 e. The Morgan fingerprint density at radius 3 is 2.24 bits per heavy atom. The van der Waals surface area contributed by atoms with Gasteiger partial charge in [0.05, 0.1) is 5.02 Å². The summed E-state index contributed by atoms with van der Waals surface area (Å²) in [4.78, 5) is 14.0. The molecule has 0 saturated carbocycles. The smallest absolute Gasteiger partial charge is 0.340 e. The molecule has 8 heteroatoms. The average Bonchev–Trinajstić information content (AvgIpc) is 2.59. The van der Waals surface area contributed by atoms with E-state index >= 15 is 0 Å². The highest BCUT2D eigenvalue weighted by Crippen LogP contribution is 2.28. The van der Waals surface area contributed by atoms with Crippen LogP contribution in [-0.4, -0.2) is 31.4 Å². The van der Waals surface area contributed by atoms with Gasteiger partial charge in [0.15, 0.2) is 0 Å².